The quantitative estimate of drug-likeness (QED) is 0.769. The van der Waals surface area contributed by atoms with Crippen LogP contribution in [0.4, 0.5) is 0 Å². The summed E-state index contributed by atoms with van der Waals surface area (Å²) in [5.74, 6) is 0.138. The van der Waals surface area contributed by atoms with Crippen molar-refractivity contribution < 1.29 is 9.59 Å². The Morgan fingerprint density at radius 1 is 1.17 bits per heavy atom. The van der Waals surface area contributed by atoms with E-state index in [4.69, 9.17) is 0 Å². The van der Waals surface area contributed by atoms with E-state index < -0.39 is 0 Å². The van der Waals surface area contributed by atoms with Crippen LogP contribution in [0.5, 0.6) is 0 Å². The molecule has 2 heterocycles. The van der Waals surface area contributed by atoms with Gasteiger partial charge in [-0.05, 0) is 30.6 Å². The molecule has 0 saturated heterocycles. The van der Waals surface area contributed by atoms with Crippen molar-refractivity contribution in [3.8, 4) is 0 Å². The van der Waals surface area contributed by atoms with Crippen LogP contribution < -0.4 is 0 Å². The Bertz CT molecular complexity index is 615. The molecule has 2 aromatic rings. The molecule has 1 aliphatic heterocycles. The number of imide groups is 1. The van der Waals surface area contributed by atoms with E-state index >= 15 is 0 Å². The standard InChI is InChI=1S/C12H9N3O2S/c1-7-13-10(18-14-7)6-15-11(16)8-4-2-3-5-9(8)12(15)17/h2-5H,6H2,1H3. The highest BCUT2D eigenvalue weighted by molar-refractivity contribution is 7.05. The van der Waals surface area contributed by atoms with Crippen LogP contribution >= 0.6 is 11.5 Å². The molecule has 0 saturated carbocycles. The second kappa shape index (κ2) is 3.99. The largest absolute Gasteiger partial charge is 0.269 e. The number of hydrogen-bond acceptors (Lipinski definition) is 5. The Morgan fingerprint density at radius 3 is 2.28 bits per heavy atom. The number of amides is 2. The molecule has 5 nitrogen and oxygen atoms in total. The fourth-order valence-electron chi connectivity index (χ4n) is 1.92. The molecule has 90 valence electrons. The first-order valence-corrected chi connectivity index (χ1v) is 6.18. The molecule has 0 spiro atoms. The van der Waals surface area contributed by atoms with Crippen molar-refractivity contribution in [1.29, 1.82) is 0 Å². The van der Waals surface area contributed by atoms with Crippen LogP contribution in [0, 0.1) is 6.92 Å². The Morgan fingerprint density at radius 2 is 1.78 bits per heavy atom. The fourth-order valence-corrected chi connectivity index (χ4v) is 2.56. The molecule has 3 rings (SSSR count). The molecule has 0 radical (unpaired) electrons. The van der Waals surface area contributed by atoms with E-state index in [9.17, 15) is 9.59 Å². The van der Waals surface area contributed by atoms with Crippen molar-refractivity contribution in [3.63, 3.8) is 0 Å². The lowest BCUT2D eigenvalue weighted by Gasteiger charge is -2.10. The molecule has 1 aromatic carbocycles. The van der Waals surface area contributed by atoms with Crippen molar-refractivity contribution in [1.82, 2.24) is 14.3 Å². The Hall–Kier alpha value is -2.08. The van der Waals surface area contributed by atoms with Crippen LogP contribution in [0.2, 0.25) is 0 Å². The summed E-state index contributed by atoms with van der Waals surface area (Å²) in [5.41, 5.74) is 0.924. The maximum Gasteiger partial charge on any atom is 0.261 e. The number of carbonyl (C=O) groups excluding carboxylic acids is 2. The topological polar surface area (TPSA) is 63.2 Å². The van der Waals surface area contributed by atoms with E-state index in [2.05, 4.69) is 9.36 Å². The van der Waals surface area contributed by atoms with Gasteiger partial charge in [-0.25, -0.2) is 4.98 Å². The van der Waals surface area contributed by atoms with Gasteiger partial charge in [0.25, 0.3) is 11.8 Å². The van der Waals surface area contributed by atoms with Crippen molar-refractivity contribution in [2.24, 2.45) is 0 Å². The molecule has 0 unspecified atom stereocenters. The molecule has 1 aromatic heterocycles. The van der Waals surface area contributed by atoms with Gasteiger partial charge < -0.3 is 0 Å². The predicted molar refractivity (Wildman–Crippen MR) is 65.3 cm³/mol. The molecule has 0 atom stereocenters. The van der Waals surface area contributed by atoms with E-state index in [0.717, 1.165) is 0 Å². The molecule has 0 bridgehead atoms. The fraction of sp³-hybridized carbons (Fsp3) is 0.167. The van der Waals surface area contributed by atoms with E-state index in [-0.39, 0.29) is 18.4 Å². The number of rotatable bonds is 2. The number of aryl methyl sites for hydroxylation is 1. The highest BCUT2D eigenvalue weighted by Crippen LogP contribution is 2.24. The molecular weight excluding hydrogens is 250 g/mol. The molecule has 0 aliphatic carbocycles. The minimum Gasteiger partial charge on any atom is -0.269 e. The lowest BCUT2D eigenvalue weighted by atomic mass is 10.1. The average Bonchev–Trinajstić information content (AvgIpc) is 2.88. The van der Waals surface area contributed by atoms with E-state index in [0.29, 0.717) is 22.0 Å². The molecule has 2 amide bonds. The molecule has 1 aliphatic rings. The van der Waals surface area contributed by atoms with Gasteiger partial charge in [0, 0.05) is 0 Å². The van der Waals surface area contributed by atoms with Gasteiger partial charge in [0.05, 0.1) is 17.7 Å². The van der Waals surface area contributed by atoms with Crippen molar-refractivity contribution in [3.05, 3.63) is 46.2 Å². The Balaban J connectivity index is 1.92. The van der Waals surface area contributed by atoms with Gasteiger partial charge in [-0.2, -0.15) is 4.37 Å². The lowest BCUT2D eigenvalue weighted by molar-refractivity contribution is 0.0642. The zero-order valence-electron chi connectivity index (χ0n) is 9.58. The summed E-state index contributed by atoms with van der Waals surface area (Å²) >= 11 is 1.21. The molecule has 0 N–H and O–H groups in total. The van der Waals surface area contributed by atoms with Crippen LogP contribution in [0.15, 0.2) is 24.3 Å². The highest BCUT2D eigenvalue weighted by Gasteiger charge is 2.35. The first-order chi connectivity index (χ1) is 8.66. The second-order valence-electron chi connectivity index (χ2n) is 3.98. The third-order valence-corrected chi connectivity index (χ3v) is 3.53. The number of fused-ring (bicyclic) bond motifs is 1. The van der Waals surface area contributed by atoms with Crippen molar-refractivity contribution >= 4 is 23.3 Å². The maximum atomic E-state index is 12.1. The van der Waals surface area contributed by atoms with Crippen LogP contribution in [0.25, 0.3) is 0 Å². The van der Waals surface area contributed by atoms with E-state index in [1.165, 1.54) is 16.4 Å². The number of aromatic nitrogens is 2. The molecular formula is C12H9N3O2S. The van der Waals surface area contributed by atoms with Crippen molar-refractivity contribution in [2.75, 3.05) is 0 Å². The molecule has 6 heteroatoms. The van der Waals surface area contributed by atoms with Crippen LogP contribution in [0.3, 0.4) is 0 Å². The van der Waals surface area contributed by atoms with Gasteiger partial charge in [-0.1, -0.05) is 12.1 Å². The SMILES string of the molecule is Cc1nsc(CN2C(=O)c3ccccc3C2=O)n1. The average molecular weight is 259 g/mol. The van der Waals surface area contributed by atoms with Crippen LogP contribution in [-0.4, -0.2) is 26.1 Å². The van der Waals surface area contributed by atoms with Gasteiger partial charge >= 0.3 is 0 Å². The minimum atomic E-state index is -0.261. The van der Waals surface area contributed by atoms with Crippen molar-refractivity contribution in [2.45, 2.75) is 13.5 Å². The summed E-state index contributed by atoms with van der Waals surface area (Å²) in [4.78, 5) is 29.5. The number of benzene rings is 1. The Kier molecular flexibility index (Phi) is 2.45. The van der Waals surface area contributed by atoms with Gasteiger partial charge in [0.2, 0.25) is 0 Å². The molecule has 0 fully saturated rings. The first kappa shape index (κ1) is 11.0. The number of carbonyl (C=O) groups is 2. The third kappa shape index (κ3) is 1.62. The Labute approximate surface area is 107 Å². The predicted octanol–water partition coefficient (Wildman–Crippen LogP) is 1.64. The second-order valence-corrected chi connectivity index (χ2v) is 4.81. The monoisotopic (exact) mass is 259 g/mol. The van der Waals surface area contributed by atoms with E-state index in [1.807, 2.05) is 0 Å². The normalized spacial score (nSPS) is 14.2. The van der Waals surface area contributed by atoms with Crippen LogP contribution in [0.1, 0.15) is 31.5 Å². The first-order valence-electron chi connectivity index (χ1n) is 5.41. The number of nitrogens with zero attached hydrogens (tertiary/aromatic N) is 3. The molecule has 18 heavy (non-hydrogen) atoms. The van der Waals surface area contributed by atoms with Gasteiger partial charge in [0.15, 0.2) is 0 Å². The smallest absolute Gasteiger partial charge is 0.261 e. The lowest BCUT2D eigenvalue weighted by Crippen LogP contribution is -2.29. The number of hydrogen-bond donors (Lipinski definition) is 0. The summed E-state index contributed by atoms with van der Waals surface area (Å²) in [6.45, 7) is 1.97. The van der Waals surface area contributed by atoms with Gasteiger partial charge in [0.1, 0.15) is 10.8 Å². The van der Waals surface area contributed by atoms with Gasteiger partial charge in [-0.3, -0.25) is 14.5 Å². The minimum absolute atomic E-state index is 0.192. The summed E-state index contributed by atoms with van der Waals surface area (Å²) in [5, 5.41) is 0.669. The summed E-state index contributed by atoms with van der Waals surface area (Å²) in [6.07, 6.45) is 0. The zero-order chi connectivity index (χ0) is 12.7. The third-order valence-electron chi connectivity index (χ3n) is 2.74. The summed E-state index contributed by atoms with van der Waals surface area (Å²) in [7, 11) is 0. The maximum absolute atomic E-state index is 12.1. The van der Waals surface area contributed by atoms with Gasteiger partial charge in [-0.15, -0.1) is 0 Å². The highest BCUT2D eigenvalue weighted by atomic mass is 32.1. The zero-order valence-corrected chi connectivity index (χ0v) is 10.4. The van der Waals surface area contributed by atoms with E-state index in [1.54, 1.807) is 31.2 Å². The summed E-state index contributed by atoms with van der Waals surface area (Å²) < 4.78 is 4.04. The summed E-state index contributed by atoms with van der Waals surface area (Å²) in [6, 6.07) is 6.84. The van der Waals surface area contributed by atoms with Crippen LogP contribution in [-0.2, 0) is 6.54 Å².